The molecule has 2 aliphatic rings. The van der Waals surface area contributed by atoms with Gasteiger partial charge in [0, 0.05) is 36.5 Å². The van der Waals surface area contributed by atoms with Crippen LogP contribution in [0.15, 0.2) is 0 Å². The minimum absolute atomic E-state index is 0.357. The van der Waals surface area contributed by atoms with Gasteiger partial charge in [-0.2, -0.15) is 11.8 Å². The molecule has 1 saturated heterocycles. The number of hydrogen-bond donors (Lipinski definition) is 1. The summed E-state index contributed by atoms with van der Waals surface area (Å²) in [5.74, 6) is 0. The topological polar surface area (TPSA) is 15.3 Å². The van der Waals surface area contributed by atoms with E-state index in [9.17, 15) is 0 Å². The van der Waals surface area contributed by atoms with Crippen molar-refractivity contribution in [2.75, 3.05) is 25.9 Å². The summed E-state index contributed by atoms with van der Waals surface area (Å²) in [6.07, 6.45) is 10.8. The molecular formula is C18H36N2S. The van der Waals surface area contributed by atoms with E-state index >= 15 is 0 Å². The predicted molar refractivity (Wildman–Crippen MR) is 96.2 cm³/mol. The van der Waals surface area contributed by atoms with Crippen LogP contribution in [0.2, 0.25) is 0 Å². The maximum Gasteiger partial charge on any atom is 0.0284 e. The van der Waals surface area contributed by atoms with Gasteiger partial charge in [0.15, 0.2) is 0 Å². The van der Waals surface area contributed by atoms with Crippen LogP contribution in [0.4, 0.5) is 0 Å². The summed E-state index contributed by atoms with van der Waals surface area (Å²) >= 11 is 2.15. The van der Waals surface area contributed by atoms with Crippen molar-refractivity contribution in [3.05, 3.63) is 0 Å². The third-order valence-corrected chi connectivity index (χ3v) is 7.14. The Morgan fingerprint density at radius 1 is 1.19 bits per heavy atom. The van der Waals surface area contributed by atoms with Gasteiger partial charge in [0.05, 0.1) is 0 Å². The van der Waals surface area contributed by atoms with Gasteiger partial charge >= 0.3 is 0 Å². The van der Waals surface area contributed by atoms with Gasteiger partial charge in [0.1, 0.15) is 0 Å². The second-order valence-corrected chi connectivity index (χ2v) is 9.54. The van der Waals surface area contributed by atoms with Gasteiger partial charge in [-0.1, -0.05) is 47.0 Å². The Morgan fingerprint density at radius 2 is 1.86 bits per heavy atom. The van der Waals surface area contributed by atoms with Gasteiger partial charge in [-0.3, -0.25) is 4.90 Å². The van der Waals surface area contributed by atoms with Gasteiger partial charge in [-0.15, -0.1) is 0 Å². The van der Waals surface area contributed by atoms with Crippen molar-refractivity contribution in [2.24, 2.45) is 5.41 Å². The highest BCUT2D eigenvalue weighted by Gasteiger charge is 2.39. The summed E-state index contributed by atoms with van der Waals surface area (Å²) in [5.41, 5.74) is 0.357. The molecule has 2 unspecified atom stereocenters. The molecule has 2 fully saturated rings. The van der Waals surface area contributed by atoms with Gasteiger partial charge < -0.3 is 5.32 Å². The van der Waals surface area contributed by atoms with E-state index in [1.807, 2.05) is 0 Å². The molecule has 0 aromatic rings. The lowest BCUT2D eigenvalue weighted by molar-refractivity contribution is 0.0702. The first-order valence-electron chi connectivity index (χ1n) is 8.93. The van der Waals surface area contributed by atoms with E-state index in [1.54, 1.807) is 0 Å². The quantitative estimate of drug-likeness (QED) is 0.839. The van der Waals surface area contributed by atoms with E-state index in [4.69, 9.17) is 0 Å². The third kappa shape index (κ3) is 4.39. The van der Waals surface area contributed by atoms with E-state index in [1.165, 1.54) is 58.2 Å². The Bertz CT molecular complexity index is 318. The molecule has 0 aromatic carbocycles. The standard InChI is InChI=1S/C18H36N2S/c1-6-15-12-19-16(17(2,3)4)13-20(15)14-18(21-5)10-8-7-9-11-18/h15-16,19H,6-14H2,1-5H3. The molecule has 0 bridgehead atoms. The van der Waals surface area contributed by atoms with Gasteiger partial charge in [-0.25, -0.2) is 0 Å². The van der Waals surface area contributed by atoms with Crippen LogP contribution in [0.1, 0.15) is 66.2 Å². The SMILES string of the molecule is CCC1CNC(C(C)(C)C)CN1CC1(SC)CCCCC1. The molecule has 21 heavy (non-hydrogen) atoms. The summed E-state index contributed by atoms with van der Waals surface area (Å²) in [4.78, 5) is 2.83. The Balaban J connectivity index is 2.06. The Morgan fingerprint density at radius 3 is 2.38 bits per heavy atom. The largest absolute Gasteiger partial charge is 0.311 e. The van der Waals surface area contributed by atoms with Crippen molar-refractivity contribution in [3.63, 3.8) is 0 Å². The summed E-state index contributed by atoms with van der Waals surface area (Å²) < 4.78 is 0.533. The lowest BCUT2D eigenvalue weighted by Crippen LogP contribution is -2.62. The van der Waals surface area contributed by atoms with Crippen LogP contribution in [0.25, 0.3) is 0 Å². The summed E-state index contributed by atoms with van der Waals surface area (Å²) in [6.45, 7) is 13.2. The zero-order chi connectivity index (χ0) is 15.5. The smallest absolute Gasteiger partial charge is 0.0284 e. The molecule has 1 aliphatic carbocycles. The van der Waals surface area contributed by atoms with Crippen LogP contribution in [0.5, 0.6) is 0 Å². The lowest BCUT2D eigenvalue weighted by Gasteiger charge is -2.49. The van der Waals surface area contributed by atoms with E-state index < -0.39 is 0 Å². The first-order valence-corrected chi connectivity index (χ1v) is 10.2. The number of thioether (sulfide) groups is 1. The number of rotatable bonds is 4. The fourth-order valence-electron chi connectivity index (χ4n) is 4.02. The minimum Gasteiger partial charge on any atom is -0.311 e. The molecule has 1 N–H and O–H groups in total. The summed E-state index contributed by atoms with van der Waals surface area (Å²) in [5, 5.41) is 3.81. The molecule has 1 heterocycles. The zero-order valence-electron chi connectivity index (χ0n) is 14.9. The van der Waals surface area contributed by atoms with Crippen LogP contribution in [-0.4, -0.2) is 47.6 Å². The molecule has 2 atom stereocenters. The molecule has 0 radical (unpaired) electrons. The third-order valence-electron chi connectivity index (χ3n) is 5.74. The van der Waals surface area contributed by atoms with Crippen molar-refractivity contribution in [1.82, 2.24) is 10.2 Å². The Kier molecular flexibility index (Phi) is 6.07. The Hall–Kier alpha value is 0.270. The highest BCUT2D eigenvalue weighted by atomic mass is 32.2. The van der Waals surface area contributed by atoms with E-state index in [0.717, 1.165) is 6.04 Å². The number of hydrogen-bond acceptors (Lipinski definition) is 3. The van der Waals surface area contributed by atoms with Gasteiger partial charge in [0.2, 0.25) is 0 Å². The van der Waals surface area contributed by atoms with Crippen molar-refractivity contribution in [3.8, 4) is 0 Å². The fraction of sp³-hybridized carbons (Fsp3) is 1.00. The summed E-state index contributed by atoms with van der Waals surface area (Å²) in [7, 11) is 0. The molecule has 124 valence electrons. The highest BCUT2D eigenvalue weighted by molar-refractivity contribution is 8.00. The monoisotopic (exact) mass is 312 g/mol. The number of nitrogens with one attached hydrogen (secondary N) is 1. The molecule has 1 aliphatic heterocycles. The maximum atomic E-state index is 3.81. The molecule has 0 amide bonds. The highest BCUT2D eigenvalue weighted by Crippen LogP contribution is 2.40. The first-order chi connectivity index (χ1) is 9.90. The Labute approximate surface area is 136 Å². The molecule has 3 heteroatoms. The van der Waals surface area contributed by atoms with Crippen LogP contribution in [-0.2, 0) is 0 Å². The molecule has 2 nitrogen and oxygen atoms in total. The van der Waals surface area contributed by atoms with Crippen molar-refractivity contribution in [1.29, 1.82) is 0 Å². The van der Waals surface area contributed by atoms with Crippen LogP contribution >= 0.6 is 11.8 Å². The van der Waals surface area contributed by atoms with E-state index in [-0.39, 0.29) is 0 Å². The molecule has 2 rings (SSSR count). The maximum absolute atomic E-state index is 3.81. The molecule has 1 saturated carbocycles. The summed E-state index contributed by atoms with van der Waals surface area (Å²) in [6, 6.07) is 1.36. The minimum atomic E-state index is 0.357. The molecule has 0 aromatic heterocycles. The van der Waals surface area contributed by atoms with Crippen LogP contribution in [0.3, 0.4) is 0 Å². The molecule has 0 spiro atoms. The zero-order valence-corrected chi connectivity index (χ0v) is 15.7. The van der Waals surface area contributed by atoms with Crippen LogP contribution < -0.4 is 5.32 Å². The van der Waals surface area contributed by atoms with Crippen molar-refractivity contribution in [2.45, 2.75) is 83.1 Å². The van der Waals surface area contributed by atoms with Gasteiger partial charge in [-0.05, 0) is 30.9 Å². The first kappa shape index (κ1) is 17.6. The van der Waals surface area contributed by atoms with Crippen molar-refractivity contribution >= 4 is 11.8 Å². The second-order valence-electron chi connectivity index (χ2n) is 8.27. The average molecular weight is 313 g/mol. The number of nitrogens with zero attached hydrogens (tertiary/aromatic N) is 1. The van der Waals surface area contributed by atoms with E-state index in [2.05, 4.69) is 55.9 Å². The predicted octanol–water partition coefficient (Wildman–Crippen LogP) is 4.15. The average Bonchev–Trinajstić information content (AvgIpc) is 2.47. The van der Waals surface area contributed by atoms with E-state index in [0.29, 0.717) is 16.2 Å². The molecular weight excluding hydrogens is 276 g/mol. The normalized spacial score (nSPS) is 31.3. The van der Waals surface area contributed by atoms with Gasteiger partial charge in [0.25, 0.3) is 0 Å². The second kappa shape index (κ2) is 7.23. The fourth-order valence-corrected chi connectivity index (χ4v) is 5.02. The van der Waals surface area contributed by atoms with Crippen LogP contribution in [0, 0.1) is 5.41 Å². The number of piperazine rings is 1. The van der Waals surface area contributed by atoms with Crippen molar-refractivity contribution < 1.29 is 0 Å². The lowest BCUT2D eigenvalue weighted by atomic mass is 9.83.